The van der Waals surface area contributed by atoms with Crippen molar-refractivity contribution in [2.45, 2.75) is 13.0 Å². The van der Waals surface area contributed by atoms with E-state index in [0.717, 1.165) is 6.08 Å². The number of alkyl halides is 2. The second-order valence-electron chi connectivity index (χ2n) is 4.10. The summed E-state index contributed by atoms with van der Waals surface area (Å²) in [5.41, 5.74) is 0.950. The zero-order valence-electron chi connectivity index (χ0n) is 10.3. The van der Waals surface area contributed by atoms with Gasteiger partial charge in [0.05, 0.1) is 6.54 Å². The van der Waals surface area contributed by atoms with Gasteiger partial charge in [-0.1, -0.05) is 6.07 Å². The molecule has 0 unspecified atom stereocenters. The largest absolute Gasteiger partial charge is 0.478 e. The van der Waals surface area contributed by atoms with Crippen molar-refractivity contribution in [1.29, 1.82) is 0 Å². The van der Waals surface area contributed by atoms with E-state index in [1.807, 2.05) is 0 Å². The molecule has 0 heterocycles. The lowest BCUT2D eigenvalue weighted by molar-refractivity contribution is -0.131. The highest BCUT2D eigenvalue weighted by Gasteiger charge is 2.10. The number of nitrogens with zero attached hydrogens (tertiary/aromatic N) is 1. The monoisotopic (exact) mass is 273 g/mol. The Bertz CT molecular complexity index is 475. The molecule has 19 heavy (non-hydrogen) atoms. The Morgan fingerprint density at radius 1 is 1.47 bits per heavy atom. The first-order valence-corrected chi connectivity index (χ1v) is 5.54. The maximum absolute atomic E-state index is 13.1. The molecule has 0 aromatic heterocycles. The number of hydrogen-bond donors (Lipinski definition) is 1. The van der Waals surface area contributed by atoms with Crippen LogP contribution in [-0.4, -0.2) is 36.0 Å². The Balaban J connectivity index is 2.90. The van der Waals surface area contributed by atoms with E-state index in [2.05, 4.69) is 0 Å². The van der Waals surface area contributed by atoms with E-state index in [0.29, 0.717) is 11.1 Å². The molecule has 0 bridgehead atoms. The van der Waals surface area contributed by atoms with Gasteiger partial charge in [0.15, 0.2) is 0 Å². The Labute approximate surface area is 109 Å². The fourth-order valence-electron chi connectivity index (χ4n) is 1.62. The van der Waals surface area contributed by atoms with Gasteiger partial charge in [-0.25, -0.2) is 18.0 Å². The van der Waals surface area contributed by atoms with Crippen LogP contribution in [0.3, 0.4) is 0 Å². The van der Waals surface area contributed by atoms with Gasteiger partial charge in [-0.3, -0.25) is 4.90 Å². The molecule has 1 N–H and O–H groups in total. The predicted molar refractivity (Wildman–Crippen MR) is 65.4 cm³/mol. The van der Waals surface area contributed by atoms with E-state index in [9.17, 15) is 18.0 Å². The Hall–Kier alpha value is -1.82. The summed E-state index contributed by atoms with van der Waals surface area (Å²) in [6.07, 6.45) is -0.328. The molecule has 0 spiro atoms. The molecule has 0 saturated carbocycles. The lowest BCUT2D eigenvalue weighted by atomic mass is 10.1. The summed E-state index contributed by atoms with van der Waals surface area (Å²) >= 11 is 0. The molecule has 3 nitrogen and oxygen atoms in total. The smallest absolute Gasteiger partial charge is 0.328 e. The number of aliphatic carboxylic acids is 1. The Morgan fingerprint density at radius 3 is 2.74 bits per heavy atom. The molecular formula is C13H14F3NO2. The van der Waals surface area contributed by atoms with Crippen LogP contribution in [0.2, 0.25) is 0 Å². The number of carboxylic acids is 1. The van der Waals surface area contributed by atoms with Crippen molar-refractivity contribution in [1.82, 2.24) is 4.90 Å². The molecule has 0 aliphatic heterocycles. The lowest BCUT2D eigenvalue weighted by Gasteiger charge is -2.17. The van der Waals surface area contributed by atoms with Crippen LogP contribution in [0.25, 0.3) is 6.08 Å². The number of halogens is 3. The molecule has 0 radical (unpaired) electrons. The average molecular weight is 273 g/mol. The SMILES string of the molecule is CN(Cc1ccc(F)cc1/C=C/C(=O)O)CC(F)F. The van der Waals surface area contributed by atoms with Crippen molar-refractivity contribution in [2.75, 3.05) is 13.6 Å². The van der Waals surface area contributed by atoms with Gasteiger partial charge in [0.25, 0.3) is 6.43 Å². The standard InChI is InChI=1S/C13H14F3NO2/c1-17(8-12(15)16)7-10-2-4-11(14)6-9(10)3-5-13(18)19/h2-6,12H,7-8H2,1H3,(H,18,19)/b5-3+. The third-order valence-corrected chi connectivity index (χ3v) is 2.40. The quantitative estimate of drug-likeness (QED) is 0.810. The van der Waals surface area contributed by atoms with Gasteiger partial charge in [-0.05, 0) is 36.4 Å². The van der Waals surface area contributed by atoms with Gasteiger partial charge in [0.1, 0.15) is 5.82 Å². The van der Waals surface area contributed by atoms with Crippen LogP contribution in [0, 0.1) is 5.82 Å². The van der Waals surface area contributed by atoms with Gasteiger partial charge in [0, 0.05) is 12.6 Å². The lowest BCUT2D eigenvalue weighted by Crippen LogP contribution is -2.24. The van der Waals surface area contributed by atoms with Crippen molar-refractivity contribution in [2.24, 2.45) is 0 Å². The molecule has 0 atom stereocenters. The van der Waals surface area contributed by atoms with Gasteiger partial charge in [0.2, 0.25) is 0 Å². The van der Waals surface area contributed by atoms with Crippen LogP contribution >= 0.6 is 0 Å². The number of benzene rings is 1. The summed E-state index contributed by atoms with van der Waals surface area (Å²) in [7, 11) is 1.51. The third-order valence-electron chi connectivity index (χ3n) is 2.40. The number of rotatable bonds is 6. The van der Waals surface area contributed by atoms with E-state index in [4.69, 9.17) is 5.11 Å². The van der Waals surface area contributed by atoms with Crippen molar-refractivity contribution >= 4 is 12.0 Å². The molecule has 0 fully saturated rings. The van der Waals surface area contributed by atoms with Crippen LogP contribution < -0.4 is 0 Å². The van der Waals surface area contributed by atoms with E-state index in [1.165, 1.54) is 36.2 Å². The fourth-order valence-corrected chi connectivity index (χ4v) is 1.62. The zero-order chi connectivity index (χ0) is 14.4. The van der Waals surface area contributed by atoms with Crippen LogP contribution in [0.4, 0.5) is 13.2 Å². The maximum Gasteiger partial charge on any atom is 0.328 e. The normalized spacial score (nSPS) is 11.7. The van der Waals surface area contributed by atoms with Gasteiger partial charge in [-0.15, -0.1) is 0 Å². The number of hydrogen-bond acceptors (Lipinski definition) is 2. The van der Waals surface area contributed by atoms with Gasteiger partial charge in [-0.2, -0.15) is 0 Å². The van der Waals surface area contributed by atoms with E-state index < -0.39 is 24.8 Å². The Morgan fingerprint density at radius 2 is 2.16 bits per heavy atom. The summed E-state index contributed by atoms with van der Waals surface area (Å²) in [6.45, 7) is -0.219. The van der Waals surface area contributed by atoms with Crippen molar-refractivity contribution in [3.63, 3.8) is 0 Å². The molecule has 0 aliphatic rings. The van der Waals surface area contributed by atoms with Crippen molar-refractivity contribution in [3.8, 4) is 0 Å². The second kappa shape index (κ2) is 6.94. The van der Waals surface area contributed by atoms with Crippen LogP contribution in [0.15, 0.2) is 24.3 Å². The highest BCUT2D eigenvalue weighted by molar-refractivity contribution is 5.85. The van der Waals surface area contributed by atoms with Gasteiger partial charge >= 0.3 is 5.97 Å². The maximum atomic E-state index is 13.1. The molecule has 1 aromatic carbocycles. The molecule has 1 rings (SSSR count). The number of carboxylic acid groups (broad SMARTS) is 1. The summed E-state index contributed by atoms with van der Waals surface area (Å²) in [5, 5.41) is 8.55. The van der Waals surface area contributed by atoms with E-state index >= 15 is 0 Å². The third kappa shape index (κ3) is 5.56. The molecule has 0 amide bonds. The highest BCUT2D eigenvalue weighted by Crippen LogP contribution is 2.15. The summed E-state index contributed by atoms with van der Waals surface area (Å²) in [4.78, 5) is 11.8. The molecular weight excluding hydrogens is 259 g/mol. The Kier molecular flexibility index (Phi) is 5.57. The topological polar surface area (TPSA) is 40.5 Å². The summed E-state index contributed by atoms with van der Waals surface area (Å²) < 4.78 is 37.5. The van der Waals surface area contributed by atoms with Crippen molar-refractivity contribution < 1.29 is 23.1 Å². The molecule has 0 aliphatic carbocycles. The fraction of sp³-hybridized carbons (Fsp3) is 0.308. The molecule has 104 valence electrons. The minimum atomic E-state index is -2.46. The first-order chi connectivity index (χ1) is 8.88. The summed E-state index contributed by atoms with van der Waals surface area (Å²) in [6, 6.07) is 3.84. The second-order valence-corrected chi connectivity index (χ2v) is 4.10. The molecule has 6 heteroatoms. The average Bonchev–Trinajstić information content (AvgIpc) is 2.28. The van der Waals surface area contributed by atoms with Crippen LogP contribution in [0.1, 0.15) is 11.1 Å². The first kappa shape index (κ1) is 15.2. The minimum Gasteiger partial charge on any atom is -0.478 e. The predicted octanol–water partition coefficient (Wildman–Crippen LogP) is 2.62. The van der Waals surface area contributed by atoms with E-state index in [-0.39, 0.29) is 6.54 Å². The first-order valence-electron chi connectivity index (χ1n) is 5.54. The van der Waals surface area contributed by atoms with Crippen molar-refractivity contribution in [3.05, 3.63) is 41.2 Å². The van der Waals surface area contributed by atoms with Crippen LogP contribution in [0.5, 0.6) is 0 Å². The molecule has 1 aromatic rings. The molecule has 0 saturated heterocycles. The number of carbonyl (C=O) groups is 1. The zero-order valence-corrected chi connectivity index (χ0v) is 10.3. The highest BCUT2D eigenvalue weighted by atomic mass is 19.3. The minimum absolute atomic E-state index is 0.184. The van der Waals surface area contributed by atoms with Gasteiger partial charge < -0.3 is 5.11 Å². The van der Waals surface area contributed by atoms with E-state index in [1.54, 1.807) is 0 Å². The van der Waals surface area contributed by atoms with Crippen LogP contribution in [-0.2, 0) is 11.3 Å². The summed E-state index contributed by atoms with van der Waals surface area (Å²) in [5.74, 6) is -1.67.